The van der Waals surface area contributed by atoms with Crippen LogP contribution in [0.3, 0.4) is 0 Å². The van der Waals surface area contributed by atoms with E-state index in [1.807, 2.05) is 18.4 Å². The number of imidazole rings is 1. The number of aromatic nitrogens is 2. The quantitative estimate of drug-likeness (QED) is 0.835. The molecule has 1 atom stereocenters. The molecule has 1 aromatic heterocycles. The molecule has 0 bridgehead atoms. The maximum Gasteiger partial charge on any atom is 0.262 e. The van der Waals surface area contributed by atoms with E-state index in [2.05, 4.69) is 15.2 Å². The molecule has 1 aromatic rings. The molecule has 2 aliphatic rings. The Labute approximate surface area is 132 Å². The van der Waals surface area contributed by atoms with Gasteiger partial charge >= 0.3 is 0 Å². The van der Waals surface area contributed by atoms with Crippen LogP contribution in [0, 0.1) is 6.92 Å². The van der Waals surface area contributed by atoms with E-state index in [0.717, 1.165) is 45.0 Å². The Morgan fingerprint density at radius 2 is 2.05 bits per heavy atom. The maximum atomic E-state index is 12.8. The molecule has 3 rings (SSSR count). The average molecular weight is 327 g/mol. The third kappa shape index (κ3) is 2.92. The molecule has 0 radical (unpaired) electrons. The zero-order valence-corrected chi connectivity index (χ0v) is 14.1. The highest BCUT2D eigenvalue weighted by Crippen LogP contribution is 2.23. The second-order valence-corrected chi connectivity index (χ2v) is 7.89. The van der Waals surface area contributed by atoms with Crippen LogP contribution >= 0.6 is 0 Å². The van der Waals surface area contributed by atoms with E-state index in [1.165, 1.54) is 0 Å². The van der Waals surface area contributed by atoms with Crippen LogP contribution in [0.1, 0.15) is 19.2 Å². The zero-order valence-electron chi connectivity index (χ0n) is 13.3. The summed E-state index contributed by atoms with van der Waals surface area (Å²) in [4.78, 5) is 6.65. The third-order valence-corrected chi connectivity index (χ3v) is 6.43. The van der Waals surface area contributed by atoms with E-state index in [0.29, 0.717) is 19.1 Å². The molecule has 0 aromatic carbocycles. The first-order valence-electron chi connectivity index (χ1n) is 8.01. The van der Waals surface area contributed by atoms with E-state index >= 15 is 0 Å². The number of nitrogens with zero attached hydrogens (tertiary/aromatic N) is 4. The van der Waals surface area contributed by atoms with Gasteiger partial charge in [0.2, 0.25) is 0 Å². The Kier molecular flexibility index (Phi) is 4.54. The molecule has 0 saturated carbocycles. The van der Waals surface area contributed by atoms with Crippen molar-refractivity contribution in [3.05, 3.63) is 12.0 Å². The van der Waals surface area contributed by atoms with Crippen molar-refractivity contribution in [2.24, 2.45) is 0 Å². The summed E-state index contributed by atoms with van der Waals surface area (Å²) in [6.07, 6.45) is 2.56. The van der Waals surface area contributed by atoms with Crippen LogP contribution in [-0.2, 0) is 16.6 Å². The van der Waals surface area contributed by atoms with Crippen molar-refractivity contribution in [2.45, 2.75) is 37.9 Å². The van der Waals surface area contributed by atoms with Gasteiger partial charge in [-0.1, -0.05) is 0 Å². The van der Waals surface area contributed by atoms with Crippen molar-refractivity contribution in [3.63, 3.8) is 0 Å². The molecule has 124 valence electrons. The predicted molar refractivity (Wildman–Crippen MR) is 84.2 cm³/mol. The smallest absolute Gasteiger partial charge is 0.262 e. The summed E-state index contributed by atoms with van der Waals surface area (Å²) in [7, 11) is -3.46. The molecule has 2 saturated heterocycles. The fourth-order valence-corrected chi connectivity index (χ4v) is 4.82. The van der Waals surface area contributed by atoms with E-state index in [-0.39, 0.29) is 5.03 Å². The number of sulfonamides is 1. The maximum absolute atomic E-state index is 12.8. The summed E-state index contributed by atoms with van der Waals surface area (Å²) in [6.45, 7) is 9.72. The lowest BCUT2D eigenvalue weighted by Gasteiger charge is -2.32. The topological polar surface area (TPSA) is 70.5 Å². The highest BCUT2D eigenvalue weighted by molar-refractivity contribution is 7.89. The molecule has 0 aliphatic carbocycles. The van der Waals surface area contributed by atoms with Crippen LogP contribution in [0.25, 0.3) is 0 Å². The highest BCUT2D eigenvalue weighted by atomic mass is 32.2. The van der Waals surface area contributed by atoms with Gasteiger partial charge in [0.15, 0.2) is 5.03 Å². The molecule has 1 N–H and O–H groups in total. The monoisotopic (exact) mass is 327 g/mol. The molecular weight excluding hydrogens is 302 g/mol. The minimum atomic E-state index is -3.46. The second kappa shape index (κ2) is 6.27. The fraction of sp³-hybridized carbons (Fsp3) is 0.786. The first kappa shape index (κ1) is 15.9. The van der Waals surface area contributed by atoms with Gasteiger partial charge < -0.3 is 9.88 Å². The molecule has 3 heterocycles. The largest absolute Gasteiger partial charge is 0.334 e. The first-order valence-corrected chi connectivity index (χ1v) is 9.45. The summed E-state index contributed by atoms with van der Waals surface area (Å²) < 4.78 is 29.0. The van der Waals surface area contributed by atoms with Crippen LogP contribution in [0.4, 0.5) is 0 Å². The molecule has 8 heteroatoms. The highest BCUT2D eigenvalue weighted by Gasteiger charge is 2.36. The van der Waals surface area contributed by atoms with Gasteiger partial charge in [-0.3, -0.25) is 4.90 Å². The van der Waals surface area contributed by atoms with Crippen LogP contribution < -0.4 is 5.32 Å². The molecule has 2 aliphatic heterocycles. The number of nitrogens with one attached hydrogen (secondary N) is 1. The second-order valence-electron chi connectivity index (χ2n) is 6.00. The Morgan fingerprint density at radius 1 is 1.32 bits per heavy atom. The minimum absolute atomic E-state index is 0.188. The lowest BCUT2D eigenvalue weighted by molar-refractivity contribution is 0.179. The first-order chi connectivity index (χ1) is 10.5. The van der Waals surface area contributed by atoms with Crippen molar-refractivity contribution in [2.75, 3.05) is 39.3 Å². The predicted octanol–water partition coefficient (Wildman–Crippen LogP) is -0.120. The van der Waals surface area contributed by atoms with Crippen molar-refractivity contribution in [1.29, 1.82) is 0 Å². The van der Waals surface area contributed by atoms with Gasteiger partial charge in [-0.25, -0.2) is 13.4 Å². The van der Waals surface area contributed by atoms with E-state index in [9.17, 15) is 8.42 Å². The van der Waals surface area contributed by atoms with Crippen molar-refractivity contribution in [3.8, 4) is 0 Å². The van der Waals surface area contributed by atoms with Gasteiger partial charge in [-0.2, -0.15) is 4.31 Å². The summed E-state index contributed by atoms with van der Waals surface area (Å²) >= 11 is 0. The summed E-state index contributed by atoms with van der Waals surface area (Å²) in [5.41, 5.74) is 0. The summed E-state index contributed by atoms with van der Waals surface area (Å²) in [5.74, 6) is 0.749. The van der Waals surface area contributed by atoms with Gasteiger partial charge in [-0.05, 0) is 20.3 Å². The SMILES string of the molecule is CCn1cc(S(=O)(=O)N2CCC(N3CCNCC3)C2)nc1C. The molecule has 22 heavy (non-hydrogen) atoms. The van der Waals surface area contributed by atoms with Gasteiger partial charge in [0.05, 0.1) is 0 Å². The van der Waals surface area contributed by atoms with Crippen LogP contribution in [0.5, 0.6) is 0 Å². The van der Waals surface area contributed by atoms with Crippen LogP contribution in [-0.4, -0.2) is 72.5 Å². The van der Waals surface area contributed by atoms with Crippen LogP contribution in [0.2, 0.25) is 0 Å². The number of hydrogen-bond donors (Lipinski definition) is 1. The summed E-state index contributed by atoms with van der Waals surface area (Å²) in [5, 5.41) is 3.52. The Balaban J connectivity index is 1.73. The van der Waals surface area contributed by atoms with Crippen molar-refractivity contribution < 1.29 is 8.42 Å². The summed E-state index contributed by atoms with van der Waals surface area (Å²) in [6, 6.07) is 0.339. The zero-order chi connectivity index (χ0) is 15.7. The van der Waals surface area contributed by atoms with E-state index in [1.54, 1.807) is 10.5 Å². The minimum Gasteiger partial charge on any atom is -0.334 e. The molecule has 7 nitrogen and oxygen atoms in total. The fourth-order valence-electron chi connectivity index (χ4n) is 3.33. The van der Waals surface area contributed by atoms with Gasteiger partial charge in [0, 0.05) is 58.1 Å². The number of piperazine rings is 1. The lowest BCUT2D eigenvalue weighted by Crippen LogP contribution is -2.49. The lowest BCUT2D eigenvalue weighted by atomic mass is 10.2. The Hall–Kier alpha value is -0.960. The Morgan fingerprint density at radius 3 is 2.68 bits per heavy atom. The number of hydrogen-bond acceptors (Lipinski definition) is 5. The van der Waals surface area contributed by atoms with Gasteiger partial charge in [0.1, 0.15) is 5.82 Å². The van der Waals surface area contributed by atoms with Crippen LogP contribution in [0.15, 0.2) is 11.2 Å². The standard InChI is InChI=1S/C14H25N5O2S/c1-3-17-11-14(16-12(17)2)22(20,21)19-7-4-13(10-19)18-8-5-15-6-9-18/h11,13,15H,3-10H2,1-2H3. The molecule has 0 spiro atoms. The molecule has 2 fully saturated rings. The molecule has 0 amide bonds. The number of aryl methyl sites for hydroxylation is 2. The normalized spacial score (nSPS) is 24.9. The third-order valence-electron chi connectivity index (χ3n) is 4.69. The molecule has 1 unspecified atom stereocenters. The van der Waals surface area contributed by atoms with E-state index in [4.69, 9.17) is 0 Å². The number of rotatable bonds is 4. The van der Waals surface area contributed by atoms with Crippen molar-refractivity contribution >= 4 is 10.0 Å². The Bertz CT molecular complexity index is 621. The average Bonchev–Trinajstić information content (AvgIpc) is 3.15. The van der Waals surface area contributed by atoms with E-state index < -0.39 is 10.0 Å². The van der Waals surface area contributed by atoms with Gasteiger partial charge in [0.25, 0.3) is 10.0 Å². The van der Waals surface area contributed by atoms with Crippen molar-refractivity contribution in [1.82, 2.24) is 24.1 Å². The molecular formula is C14H25N5O2S. The van der Waals surface area contributed by atoms with Gasteiger partial charge in [-0.15, -0.1) is 0 Å².